The van der Waals surface area contributed by atoms with Gasteiger partial charge in [-0.05, 0) is 77.0 Å². The summed E-state index contributed by atoms with van der Waals surface area (Å²) >= 11 is 0. The van der Waals surface area contributed by atoms with Crippen molar-refractivity contribution in [2.45, 2.75) is 80.1 Å². The van der Waals surface area contributed by atoms with E-state index in [1.165, 1.54) is 0 Å². The summed E-state index contributed by atoms with van der Waals surface area (Å²) in [6.45, 7) is 11.6. The highest BCUT2D eigenvalue weighted by atomic mass is 16.6. The van der Waals surface area contributed by atoms with Crippen LogP contribution in [0.5, 0.6) is 0 Å². The van der Waals surface area contributed by atoms with Gasteiger partial charge < -0.3 is 18.9 Å². The smallest absolute Gasteiger partial charge is 0.323 e. The summed E-state index contributed by atoms with van der Waals surface area (Å²) in [6, 6.07) is 0. The van der Waals surface area contributed by atoms with Gasteiger partial charge in [-0.15, -0.1) is 0 Å². The molecular weight excluding hydrogens is 440 g/mol. The zero-order valence-corrected chi connectivity index (χ0v) is 21.6. The van der Waals surface area contributed by atoms with E-state index in [0.29, 0.717) is 38.5 Å². The lowest BCUT2D eigenvalue weighted by molar-refractivity contribution is -0.182. The maximum Gasteiger partial charge on any atom is 0.323 e. The Labute approximate surface area is 203 Å². The molecule has 4 unspecified atom stereocenters. The third kappa shape index (κ3) is 4.82. The molecule has 2 rings (SSSR count). The van der Waals surface area contributed by atoms with Gasteiger partial charge >= 0.3 is 23.9 Å². The number of hydrogen-bond acceptors (Lipinski definition) is 8. The van der Waals surface area contributed by atoms with Gasteiger partial charge in [0, 0.05) is 0 Å². The summed E-state index contributed by atoms with van der Waals surface area (Å²) < 4.78 is 21.5. The molecule has 4 atom stereocenters. The minimum atomic E-state index is -1.37. The molecular formula is C26H42O8. The first-order valence-electron chi connectivity index (χ1n) is 12.9. The predicted molar refractivity (Wildman–Crippen MR) is 124 cm³/mol. The van der Waals surface area contributed by atoms with E-state index in [1.807, 2.05) is 13.8 Å². The minimum absolute atomic E-state index is 0.150. The van der Waals surface area contributed by atoms with Crippen LogP contribution in [0.4, 0.5) is 0 Å². The molecule has 0 radical (unpaired) electrons. The van der Waals surface area contributed by atoms with E-state index in [0.717, 1.165) is 0 Å². The standard InChI is InChI=1S/C26H42O8/c1-7-31-21(27)25(22(28)32-8-2)15-11-13-19(25)17(5)18(6)20-14-12-16-26(20,23(29)33-9-3)24(30)34-10-4/h17-20H,7-16H2,1-6H3. The summed E-state index contributed by atoms with van der Waals surface area (Å²) in [5.41, 5.74) is -2.73. The molecule has 0 bridgehead atoms. The van der Waals surface area contributed by atoms with Gasteiger partial charge in [-0.1, -0.05) is 26.7 Å². The second kappa shape index (κ2) is 12.0. The zero-order valence-electron chi connectivity index (χ0n) is 21.6. The van der Waals surface area contributed by atoms with Gasteiger partial charge in [-0.25, -0.2) is 0 Å². The first kappa shape index (κ1) is 28.1. The Morgan fingerprint density at radius 3 is 1.12 bits per heavy atom. The number of hydrogen-bond donors (Lipinski definition) is 0. The van der Waals surface area contributed by atoms with Gasteiger partial charge in [0.05, 0.1) is 26.4 Å². The van der Waals surface area contributed by atoms with Crippen molar-refractivity contribution in [3.05, 3.63) is 0 Å². The van der Waals surface area contributed by atoms with Crippen molar-refractivity contribution in [1.82, 2.24) is 0 Å². The third-order valence-corrected chi connectivity index (χ3v) is 8.10. The second-order valence-electron chi connectivity index (χ2n) is 9.54. The minimum Gasteiger partial charge on any atom is -0.465 e. The molecule has 8 nitrogen and oxygen atoms in total. The molecule has 194 valence electrons. The van der Waals surface area contributed by atoms with E-state index in [4.69, 9.17) is 18.9 Å². The largest absolute Gasteiger partial charge is 0.465 e. The second-order valence-corrected chi connectivity index (χ2v) is 9.54. The predicted octanol–water partition coefficient (Wildman–Crippen LogP) is 4.08. The SMILES string of the molecule is CCOC(=O)C1(C(=O)OCC)CCCC1C(C)C(C)C1CCCC1(C(=O)OCC)C(=O)OCC. The zero-order chi connectivity index (χ0) is 25.5. The maximum absolute atomic E-state index is 13.2. The Morgan fingerprint density at radius 2 is 0.882 bits per heavy atom. The van der Waals surface area contributed by atoms with E-state index in [9.17, 15) is 19.2 Å². The van der Waals surface area contributed by atoms with Crippen molar-refractivity contribution in [3.63, 3.8) is 0 Å². The monoisotopic (exact) mass is 482 g/mol. The fourth-order valence-electron chi connectivity index (χ4n) is 6.44. The molecule has 0 heterocycles. The molecule has 0 saturated heterocycles. The molecule has 0 N–H and O–H groups in total. The van der Waals surface area contributed by atoms with E-state index < -0.39 is 34.7 Å². The van der Waals surface area contributed by atoms with Crippen LogP contribution in [0, 0.1) is 34.5 Å². The Bertz CT molecular complexity index is 647. The van der Waals surface area contributed by atoms with E-state index in [-0.39, 0.29) is 50.1 Å². The Morgan fingerprint density at radius 1 is 0.618 bits per heavy atom. The Hall–Kier alpha value is -2.12. The van der Waals surface area contributed by atoms with Crippen LogP contribution >= 0.6 is 0 Å². The van der Waals surface area contributed by atoms with Crippen LogP contribution in [0.25, 0.3) is 0 Å². The molecule has 0 aromatic rings. The van der Waals surface area contributed by atoms with Gasteiger partial charge in [0.15, 0.2) is 10.8 Å². The number of rotatable bonds is 11. The fraction of sp³-hybridized carbons (Fsp3) is 0.846. The molecule has 2 aliphatic rings. The Balaban J connectivity index is 2.46. The van der Waals surface area contributed by atoms with Gasteiger partial charge in [-0.2, -0.15) is 0 Å². The van der Waals surface area contributed by atoms with Gasteiger partial charge in [0.1, 0.15) is 0 Å². The lowest BCUT2D eigenvalue weighted by Gasteiger charge is -2.41. The van der Waals surface area contributed by atoms with Crippen molar-refractivity contribution < 1.29 is 38.1 Å². The highest BCUT2D eigenvalue weighted by Crippen LogP contribution is 2.56. The first-order valence-corrected chi connectivity index (χ1v) is 12.9. The average Bonchev–Trinajstić information content (AvgIpc) is 3.45. The number of esters is 4. The Kier molecular flexibility index (Phi) is 9.95. The normalized spacial score (nSPS) is 24.6. The number of ether oxygens (including phenoxy) is 4. The van der Waals surface area contributed by atoms with E-state index >= 15 is 0 Å². The average molecular weight is 483 g/mol. The van der Waals surface area contributed by atoms with Crippen LogP contribution in [0.3, 0.4) is 0 Å². The quantitative estimate of drug-likeness (QED) is 0.246. The molecule has 0 aliphatic heterocycles. The van der Waals surface area contributed by atoms with Crippen LogP contribution < -0.4 is 0 Å². The van der Waals surface area contributed by atoms with Crippen LogP contribution in [0.2, 0.25) is 0 Å². The van der Waals surface area contributed by atoms with Crippen molar-refractivity contribution in [2.24, 2.45) is 34.5 Å². The first-order chi connectivity index (χ1) is 16.2. The molecule has 0 spiro atoms. The van der Waals surface area contributed by atoms with Crippen molar-refractivity contribution in [2.75, 3.05) is 26.4 Å². The van der Waals surface area contributed by atoms with Crippen molar-refractivity contribution >= 4 is 23.9 Å². The van der Waals surface area contributed by atoms with Crippen LogP contribution in [-0.2, 0) is 38.1 Å². The summed E-state index contributed by atoms with van der Waals surface area (Å²) in [6.07, 6.45) is 3.48. The summed E-state index contributed by atoms with van der Waals surface area (Å²) in [5.74, 6) is -3.09. The van der Waals surface area contributed by atoms with Crippen LogP contribution in [-0.4, -0.2) is 50.3 Å². The van der Waals surface area contributed by atoms with Crippen LogP contribution in [0.1, 0.15) is 80.1 Å². The molecule has 2 aliphatic carbocycles. The van der Waals surface area contributed by atoms with Crippen LogP contribution in [0.15, 0.2) is 0 Å². The molecule has 34 heavy (non-hydrogen) atoms. The van der Waals surface area contributed by atoms with E-state index in [2.05, 4.69) is 0 Å². The lowest BCUT2D eigenvalue weighted by Crippen LogP contribution is -2.51. The van der Waals surface area contributed by atoms with Crippen molar-refractivity contribution in [1.29, 1.82) is 0 Å². The van der Waals surface area contributed by atoms with Gasteiger partial charge in [0.2, 0.25) is 0 Å². The van der Waals surface area contributed by atoms with Crippen molar-refractivity contribution in [3.8, 4) is 0 Å². The number of carbonyl (C=O) groups excluding carboxylic acids is 4. The molecule has 0 aromatic heterocycles. The van der Waals surface area contributed by atoms with Gasteiger partial charge in [-0.3, -0.25) is 19.2 Å². The topological polar surface area (TPSA) is 105 Å². The van der Waals surface area contributed by atoms with E-state index in [1.54, 1.807) is 27.7 Å². The lowest BCUT2D eigenvalue weighted by atomic mass is 9.62. The fourth-order valence-corrected chi connectivity index (χ4v) is 6.44. The summed E-state index contributed by atoms with van der Waals surface area (Å²) in [7, 11) is 0. The highest BCUT2D eigenvalue weighted by Gasteiger charge is 2.63. The molecule has 0 amide bonds. The summed E-state index contributed by atoms with van der Waals surface area (Å²) in [5, 5.41) is 0. The molecule has 2 fully saturated rings. The molecule has 0 aromatic carbocycles. The molecule has 8 heteroatoms. The third-order valence-electron chi connectivity index (χ3n) is 8.10. The van der Waals surface area contributed by atoms with Gasteiger partial charge in [0.25, 0.3) is 0 Å². The number of carbonyl (C=O) groups is 4. The highest BCUT2D eigenvalue weighted by molar-refractivity contribution is 6.01. The summed E-state index contributed by atoms with van der Waals surface area (Å²) in [4.78, 5) is 52.7. The molecule has 2 saturated carbocycles. The maximum atomic E-state index is 13.2.